The molecule has 1 heterocycles. The molecule has 1 atom stereocenters. The van der Waals surface area contributed by atoms with E-state index in [1.165, 1.54) is 0 Å². The summed E-state index contributed by atoms with van der Waals surface area (Å²) in [5, 5.41) is 10.6. The predicted octanol–water partition coefficient (Wildman–Crippen LogP) is 6.75. The van der Waals surface area contributed by atoms with Gasteiger partial charge in [-0.3, -0.25) is 0 Å². The van der Waals surface area contributed by atoms with Crippen LogP contribution in [0.3, 0.4) is 0 Å². The molecule has 9 heteroatoms. The van der Waals surface area contributed by atoms with Gasteiger partial charge in [0, 0.05) is 16.7 Å². The van der Waals surface area contributed by atoms with Gasteiger partial charge in [-0.25, -0.2) is 4.79 Å². The molecular formula is C34H29ClN2O6. The van der Waals surface area contributed by atoms with E-state index < -0.39 is 11.9 Å². The number of carbonyl (C=O) groups excluding carboxylic acids is 1. The molecule has 1 aliphatic rings. The van der Waals surface area contributed by atoms with Crippen LogP contribution < -0.4 is 29.4 Å². The van der Waals surface area contributed by atoms with E-state index in [9.17, 15) is 10.1 Å². The summed E-state index contributed by atoms with van der Waals surface area (Å²) < 4.78 is 28.6. The van der Waals surface area contributed by atoms with E-state index in [2.05, 4.69) is 6.07 Å². The summed E-state index contributed by atoms with van der Waals surface area (Å²) in [6, 6.07) is 25.6. The molecule has 0 bridgehead atoms. The third-order valence-corrected chi connectivity index (χ3v) is 7.40. The van der Waals surface area contributed by atoms with Crippen molar-refractivity contribution in [3.8, 4) is 34.8 Å². The first kappa shape index (κ1) is 29.4. The molecule has 0 spiro atoms. The van der Waals surface area contributed by atoms with Gasteiger partial charge in [-0.05, 0) is 72.5 Å². The minimum Gasteiger partial charge on any atom is -0.493 e. The molecule has 8 nitrogen and oxygen atoms in total. The summed E-state index contributed by atoms with van der Waals surface area (Å²) in [4.78, 5) is 12.6. The molecule has 5 rings (SSSR count). The number of benzene rings is 4. The van der Waals surface area contributed by atoms with Crippen LogP contribution in [-0.2, 0) is 11.4 Å². The number of methoxy groups -OCH3 is 1. The van der Waals surface area contributed by atoms with Gasteiger partial charge >= 0.3 is 5.97 Å². The van der Waals surface area contributed by atoms with Crippen molar-refractivity contribution in [1.82, 2.24) is 0 Å². The zero-order chi connectivity index (χ0) is 30.5. The summed E-state index contributed by atoms with van der Waals surface area (Å²) in [5.74, 6) is 1.10. The van der Waals surface area contributed by atoms with Gasteiger partial charge in [0.1, 0.15) is 35.5 Å². The maximum absolute atomic E-state index is 12.6. The van der Waals surface area contributed by atoms with Gasteiger partial charge < -0.3 is 29.4 Å². The van der Waals surface area contributed by atoms with E-state index in [-0.39, 0.29) is 23.8 Å². The highest BCUT2D eigenvalue weighted by Crippen LogP contribution is 2.45. The Hall–Kier alpha value is -5.13. The van der Waals surface area contributed by atoms with Crippen LogP contribution in [0.4, 0.5) is 0 Å². The third kappa shape index (κ3) is 6.53. The van der Waals surface area contributed by atoms with Crippen LogP contribution in [0.2, 0.25) is 5.02 Å². The van der Waals surface area contributed by atoms with Crippen molar-refractivity contribution in [2.45, 2.75) is 26.4 Å². The van der Waals surface area contributed by atoms with Gasteiger partial charge in [0.2, 0.25) is 5.88 Å². The van der Waals surface area contributed by atoms with Crippen LogP contribution in [-0.4, -0.2) is 19.7 Å². The molecule has 1 aliphatic heterocycles. The average molecular weight is 597 g/mol. The Morgan fingerprint density at radius 1 is 0.977 bits per heavy atom. The fraction of sp³-hybridized carbons (Fsp3) is 0.176. The van der Waals surface area contributed by atoms with Gasteiger partial charge in [0.25, 0.3) is 0 Å². The topological polar surface area (TPSA) is 113 Å². The van der Waals surface area contributed by atoms with Gasteiger partial charge in [0.15, 0.2) is 18.1 Å². The maximum atomic E-state index is 12.6. The Bertz CT molecular complexity index is 1740. The molecule has 0 radical (unpaired) electrons. The van der Waals surface area contributed by atoms with E-state index >= 15 is 0 Å². The number of nitrogens with two attached hydrogens (primary N) is 1. The molecule has 0 saturated carbocycles. The number of allylic oxidation sites excluding steroid dienone is 1. The number of fused-ring (bicyclic) bond motifs is 1. The Labute approximate surface area is 254 Å². The number of hydrogen-bond donors (Lipinski definition) is 1. The van der Waals surface area contributed by atoms with Crippen LogP contribution in [0.1, 0.15) is 33.7 Å². The Morgan fingerprint density at radius 3 is 2.51 bits per heavy atom. The van der Waals surface area contributed by atoms with Crippen molar-refractivity contribution in [1.29, 1.82) is 5.26 Å². The van der Waals surface area contributed by atoms with E-state index in [0.29, 0.717) is 40.2 Å². The van der Waals surface area contributed by atoms with Gasteiger partial charge in [-0.1, -0.05) is 48.0 Å². The lowest BCUT2D eigenvalue weighted by Gasteiger charge is -2.27. The van der Waals surface area contributed by atoms with E-state index in [1.54, 1.807) is 55.6 Å². The van der Waals surface area contributed by atoms with Crippen molar-refractivity contribution < 1.29 is 28.5 Å². The highest BCUT2D eigenvalue weighted by atomic mass is 35.5. The number of carbonyl (C=O) groups is 1. The molecule has 0 aliphatic carbocycles. The zero-order valence-electron chi connectivity index (χ0n) is 23.8. The standard InChI is InChI=1S/C34H29ClN2O6/c1-20-5-4-6-28(21(20)2)41-19-32(38)42-25-12-13-26-30(16-25)43-34(37)27(17-36)33(26)23-9-14-29(31(15-23)39-3)40-18-22-7-10-24(35)11-8-22/h4-16,33H,18-19,37H2,1-3H3. The summed E-state index contributed by atoms with van der Waals surface area (Å²) >= 11 is 5.98. The van der Waals surface area contributed by atoms with Gasteiger partial charge in [-0.15, -0.1) is 0 Å². The lowest BCUT2D eigenvalue weighted by molar-refractivity contribution is -0.136. The first-order chi connectivity index (χ1) is 20.8. The summed E-state index contributed by atoms with van der Waals surface area (Å²) in [5.41, 5.74) is 10.8. The van der Waals surface area contributed by atoms with E-state index in [4.69, 9.17) is 41.0 Å². The van der Waals surface area contributed by atoms with Crippen molar-refractivity contribution in [3.63, 3.8) is 0 Å². The fourth-order valence-corrected chi connectivity index (χ4v) is 4.87. The molecule has 4 aromatic carbocycles. The summed E-state index contributed by atoms with van der Waals surface area (Å²) in [6.45, 7) is 3.95. The van der Waals surface area contributed by atoms with Crippen LogP contribution in [0.25, 0.3) is 0 Å². The van der Waals surface area contributed by atoms with E-state index in [1.807, 2.05) is 44.2 Å². The van der Waals surface area contributed by atoms with Crippen molar-refractivity contribution in [3.05, 3.63) is 123 Å². The predicted molar refractivity (Wildman–Crippen MR) is 162 cm³/mol. The summed E-state index contributed by atoms with van der Waals surface area (Å²) in [7, 11) is 1.55. The normalized spacial score (nSPS) is 13.8. The highest BCUT2D eigenvalue weighted by Gasteiger charge is 2.32. The first-order valence-electron chi connectivity index (χ1n) is 13.4. The van der Waals surface area contributed by atoms with Crippen LogP contribution >= 0.6 is 11.6 Å². The molecular weight excluding hydrogens is 568 g/mol. The Balaban J connectivity index is 1.35. The zero-order valence-corrected chi connectivity index (χ0v) is 24.6. The second-order valence-corrected chi connectivity index (χ2v) is 10.3. The molecule has 0 amide bonds. The highest BCUT2D eigenvalue weighted by molar-refractivity contribution is 6.30. The average Bonchev–Trinajstić information content (AvgIpc) is 3.00. The molecule has 218 valence electrons. The largest absolute Gasteiger partial charge is 0.493 e. The number of ether oxygens (including phenoxy) is 5. The lowest BCUT2D eigenvalue weighted by atomic mass is 9.83. The number of nitrogens with zero attached hydrogens (tertiary/aromatic N) is 1. The monoisotopic (exact) mass is 596 g/mol. The van der Waals surface area contributed by atoms with Crippen molar-refractivity contribution >= 4 is 17.6 Å². The van der Waals surface area contributed by atoms with Crippen molar-refractivity contribution in [2.75, 3.05) is 13.7 Å². The minimum absolute atomic E-state index is 0.0382. The quantitative estimate of drug-likeness (QED) is 0.167. The third-order valence-electron chi connectivity index (χ3n) is 7.15. The first-order valence-corrected chi connectivity index (χ1v) is 13.8. The Kier molecular flexibility index (Phi) is 8.74. The Morgan fingerprint density at radius 2 is 1.77 bits per heavy atom. The van der Waals surface area contributed by atoms with Crippen LogP contribution in [0.5, 0.6) is 28.7 Å². The molecule has 2 N–H and O–H groups in total. The number of nitriles is 1. The lowest BCUT2D eigenvalue weighted by Crippen LogP contribution is -2.22. The van der Waals surface area contributed by atoms with Crippen LogP contribution in [0, 0.1) is 25.2 Å². The number of halogens is 1. The van der Waals surface area contributed by atoms with Gasteiger partial charge in [0.05, 0.1) is 13.0 Å². The number of aryl methyl sites for hydroxylation is 1. The second kappa shape index (κ2) is 12.8. The smallest absolute Gasteiger partial charge is 0.349 e. The SMILES string of the molecule is COc1cc(C2C(C#N)=C(N)Oc3cc(OC(=O)COc4cccc(C)c4C)ccc32)ccc1OCc1ccc(Cl)cc1. The van der Waals surface area contributed by atoms with Crippen molar-refractivity contribution in [2.24, 2.45) is 5.73 Å². The molecule has 0 saturated heterocycles. The summed E-state index contributed by atoms with van der Waals surface area (Å²) in [6.07, 6.45) is 0. The second-order valence-electron chi connectivity index (χ2n) is 9.91. The van der Waals surface area contributed by atoms with E-state index in [0.717, 1.165) is 22.3 Å². The fourth-order valence-electron chi connectivity index (χ4n) is 4.74. The number of rotatable bonds is 9. The minimum atomic E-state index is -0.576. The van der Waals surface area contributed by atoms with Crippen LogP contribution in [0.15, 0.2) is 90.3 Å². The number of hydrogen-bond acceptors (Lipinski definition) is 8. The molecule has 0 fully saturated rings. The van der Waals surface area contributed by atoms with Gasteiger partial charge in [-0.2, -0.15) is 5.26 Å². The molecule has 43 heavy (non-hydrogen) atoms. The molecule has 0 aromatic heterocycles. The maximum Gasteiger partial charge on any atom is 0.349 e. The number of esters is 1. The molecule has 1 unspecified atom stereocenters. The molecule has 4 aromatic rings.